The average molecular weight is 331 g/mol. The van der Waals surface area contributed by atoms with Gasteiger partial charge < -0.3 is 9.47 Å². The van der Waals surface area contributed by atoms with Crippen molar-refractivity contribution in [3.63, 3.8) is 0 Å². The molecule has 0 N–H and O–H groups in total. The van der Waals surface area contributed by atoms with E-state index in [0.717, 1.165) is 37.4 Å². The summed E-state index contributed by atoms with van der Waals surface area (Å²) in [6.07, 6.45) is 5.06. The first-order valence-corrected chi connectivity index (χ1v) is 9.17. The van der Waals surface area contributed by atoms with Crippen LogP contribution in [0, 0.1) is 13.8 Å². The van der Waals surface area contributed by atoms with E-state index < -0.39 is 0 Å². The van der Waals surface area contributed by atoms with Crippen LogP contribution in [0.1, 0.15) is 60.4 Å². The van der Waals surface area contributed by atoms with Crippen LogP contribution in [-0.4, -0.2) is 58.8 Å². The fourth-order valence-corrected chi connectivity index (χ4v) is 4.29. The first-order chi connectivity index (χ1) is 11.5. The van der Waals surface area contributed by atoms with Gasteiger partial charge in [-0.15, -0.1) is 0 Å². The summed E-state index contributed by atoms with van der Waals surface area (Å²) in [7, 11) is 0. The molecule has 2 aliphatic rings. The number of amides is 1. The summed E-state index contributed by atoms with van der Waals surface area (Å²) < 4.78 is 2.38. The lowest BCUT2D eigenvalue weighted by molar-refractivity contribution is -0.130. The minimum Gasteiger partial charge on any atom is -0.345 e. The summed E-state index contributed by atoms with van der Waals surface area (Å²) in [5.74, 6) is 0.338. The SMILES string of the molecule is CC(=O)N1CCN(CC(=O)c2cc(C)n(C3CCCC3)c2C)CC1. The van der Waals surface area contributed by atoms with Crippen LogP contribution in [0.15, 0.2) is 6.07 Å². The van der Waals surface area contributed by atoms with Crippen LogP contribution < -0.4 is 0 Å². The van der Waals surface area contributed by atoms with E-state index in [9.17, 15) is 9.59 Å². The third-order valence-electron chi connectivity index (χ3n) is 5.66. The first-order valence-electron chi connectivity index (χ1n) is 9.17. The molecule has 1 amide bonds. The maximum Gasteiger partial charge on any atom is 0.219 e. The molecule has 0 unspecified atom stereocenters. The maximum absolute atomic E-state index is 12.8. The van der Waals surface area contributed by atoms with E-state index in [1.54, 1.807) is 6.92 Å². The van der Waals surface area contributed by atoms with Crippen molar-refractivity contribution in [1.82, 2.24) is 14.4 Å². The fourth-order valence-electron chi connectivity index (χ4n) is 4.29. The molecule has 2 fully saturated rings. The number of hydrogen-bond donors (Lipinski definition) is 0. The van der Waals surface area contributed by atoms with E-state index in [0.29, 0.717) is 12.6 Å². The fraction of sp³-hybridized carbons (Fsp3) is 0.684. The molecule has 1 aliphatic carbocycles. The van der Waals surface area contributed by atoms with Gasteiger partial charge in [0.15, 0.2) is 5.78 Å². The second kappa shape index (κ2) is 7.09. The van der Waals surface area contributed by atoms with Crippen LogP contribution in [0.2, 0.25) is 0 Å². The molecule has 24 heavy (non-hydrogen) atoms. The highest BCUT2D eigenvalue weighted by molar-refractivity contribution is 5.99. The van der Waals surface area contributed by atoms with Crippen molar-refractivity contribution in [3.8, 4) is 0 Å². The predicted molar refractivity (Wildman–Crippen MR) is 94.4 cm³/mol. The molecule has 0 atom stereocenters. The Balaban J connectivity index is 1.65. The first kappa shape index (κ1) is 17.2. The number of aryl methyl sites for hydroxylation is 1. The van der Waals surface area contributed by atoms with Crippen LogP contribution >= 0.6 is 0 Å². The lowest BCUT2D eigenvalue weighted by Gasteiger charge is -2.33. The molecule has 1 aromatic heterocycles. The van der Waals surface area contributed by atoms with Crippen LogP contribution in [0.3, 0.4) is 0 Å². The summed E-state index contributed by atoms with van der Waals surface area (Å²) in [5, 5.41) is 0. The van der Waals surface area contributed by atoms with Crippen molar-refractivity contribution in [2.24, 2.45) is 0 Å². The topological polar surface area (TPSA) is 45.6 Å². The molecule has 1 saturated carbocycles. The minimum atomic E-state index is 0.126. The van der Waals surface area contributed by atoms with Crippen molar-refractivity contribution in [2.45, 2.75) is 52.5 Å². The molecule has 2 heterocycles. The Labute approximate surface area is 144 Å². The molecule has 1 aromatic rings. The summed E-state index contributed by atoms with van der Waals surface area (Å²) in [4.78, 5) is 28.2. The monoisotopic (exact) mass is 331 g/mol. The molecular formula is C19H29N3O2. The Morgan fingerprint density at radius 3 is 2.29 bits per heavy atom. The number of aromatic nitrogens is 1. The summed E-state index contributed by atoms with van der Waals surface area (Å²) in [5.41, 5.74) is 3.23. The van der Waals surface area contributed by atoms with Crippen molar-refractivity contribution >= 4 is 11.7 Å². The highest BCUT2D eigenvalue weighted by atomic mass is 16.2. The van der Waals surface area contributed by atoms with Crippen LogP contribution in [0.4, 0.5) is 0 Å². The van der Waals surface area contributed by atoms with E-state index in [4.69, 9.17) is 0 Å². The standard InChI is InChI=1S/C19H29N3O2/c1-14-12-18(15(2)22(14)17-6-4-5-7-17)19(24)13-20-8-10-21(11-9-20)16(3)23/h12,17H,4-11,13H2,1-3H3. The molecule has 1 saturated heterocycles. The van der Waals surface area contributed by atoms with Crippen LogP contribution in [0.5, 0.6) is 0 Å². The number of carbonyl (C=O) groups excluding carboxylic acids is 2. The maximum atomic E-state index is 12.8. The highest BCUT2D eigenvalue weighted by Crippen LogP contribution is 2.33. The predicted octanol–water partition coefficient (Wildman–Crippen LogP) is 2.57. The Kier molecular flexibility index (Phi) is 5.09. The van der Waals surface area contributed by atoms with Gasteiger partial charge >= 0.3 is 0 Å². The van der Waals surface area contributed by atoms with Crippen molar-refractivity contribution in [1.29, 1.82) is 0 Å². The largest absolute Gasteiger partial charge is 0.345 e. The zero-order valence-electron chi connectivity index (χ0n) is 15.2. The number of nitrogens with zero attached hydrogens (tertiary/aromatic N) is 3. The normalized spacial score (nSPS) is 19.9. The van der Waals surface area contributed by atoms with E-state index in [-0.39, 0.29) is 11.7 Å². The third kappa shape index (κ3) is 3.41. The Hall–Kier alpha value is -1.62. The zero-order valence-corrected chi connectivity index (χ0v) is 15.2. The lowest BCUT2D eigenvalue weighted by Crippen LogP contribution is -2.49. The second-order valence-corrected chi connectivity index (χ2v) is 7.30. The van der Waals surface area contributed by atoms with Gasteiger partial charge in [0.05, 0.1) is 6.54 Å². The van der Waals surface area contributed by atoms with Gasteiger partial charge in [-0.25, -0.2) is 0 Å². The molecule has 0 aromatic carbocycles. The molecule has 5 heteroatoms. The van der Waals surface area contributed by atoms with Crippen molar-refractivity contribution < 1.29 is 9.59 Å². The van der Waals surface area contributed by atoms with E-state index in [1.165, 1.54) is 31.4 Å². The quantitative estimate of drug-likeness (QED) is 0.797. The molecule has 3 rings (SSSR count). The van der Waals surface area contributed by atoms with Gasteiger partial charge in [0.1, 0.15) is 0 Å². The number of hydrogen-bond acceptors (Lipinski definition) is 3. The molecule has 0 spiro atoms. The molecule has 132 valence electrons. The van der Waals surface area contributed by atoms with Gasteiger partial charge in [0.2, 0.25) is 5.91 Å². The minimum absolute atomic E-state index is 0.126. The van der Waals surface area contributed by atoms with E-state index in [2.05, 4.69) is 29.4 Å². The number of Topliss-reactive ketones (excluding diaryl/α,β-unsaturated/α-hetero) is 1. The highest BCUT2D eigenvalue weighted by Gasteiger charge is 2.25. The van der Waals surface area contributed by atoms with Crippen LogP contribution in [-0.2, 0) is 4.79 Å². The van der Waals surface area contributed by atoms with E-state index in [1.807, 2.05) is 4.90 Å². The number of carbonyl (C=O) groups is 2. The van der Waals surface area contributed by atoms with Gasteiger partial charge in [-0.1, -0.05) is 12.8 Å². The Bertz CT molecular complexity index is 621. The number of piperazine rings is 1. The molecule has 5 nitrogen and oxygen atoms in total. The van der Waals surface area contributed by atoms with Gasteiger partial charge in [0, 0.05) is 56.1 Å². The third-order valence-corrected chi connectivity index (χ3v) is 5.66. The summed E-state index contributed by atoms with van der Waals surface area (Å²) in [6, 6.07) is 2.65. The number of rotatable bonds is 4. The molecule has 0 bridgehead atoms. The van der Waals surface area contributed by atoms with Gasteiger partial charge in [0.25, 0.3) is 0 Å². The van der Waals surface area contributed by atoms with Gasteiger partial charge in [-0.3, -0.25) is 14.5 Å². The van der Waals surface area contributed by atoms with E-state index >= 15 is 0 Å². The van der Waals surface area contributed by atoms with Crippen molar-refractivity contribution in [3.05, 3.63) is 23.0 Å². The number of ketones is 1. The second-order valence-electron chi connectivity index (χ2n) is 7.30. The Morgan fingerprint density at radius 2 is 1.71 bits per heavy atom. The molecule has 1 aliphatic heterocycles. The molecule has 0 radical (unpaired) electrons. The molecular weight excluding hydrogens is 302 g/mol. The van der Waals surface area contributed by atoms with Gasteiger partial charge in [-0.2, -0.15) is 0 Å². The van der Waals surface area contributed by atoms with Crippen LogP contribution in [0.25, 0.3) is 0 Å². The summed E-state index contributed by atoms with van der Waals surface area (Å²) >= 11 is 0. The average Bonchev–Trinajstić information content (AvgIpc) is 3.15. The smallest absolute Gasteiger partial charge is 0.219 e. The summed E-state index contributed by atoms with van der Waals surface area (Å²) in [6.45, 7) is 9.30. The Morgan fingerprint density at radius 1 is 1.08 bits per heavy atom. The van der Waals surface area contributed by atoms with Crippen molar-refractivity contribution in [2.75, 3.05) is 32.7 Å². The zero-order chi connectivity index (χ0) is 17.3. The lowest BCUT2D eigenvalue weighted by atomic mass is 10.1. The van der Waals surface area contributed by atoms with Gasteiger partial charge in [-0.05, 0) is 32.8 Å².